The number of carbonyl (C=O) groups is 2. The number of halogens is 3. The van der Waals surface area contributed by atoms with Crippen LogP contribution >= 0.6 is 34.8 Å². The molecule has 0 aliphatic carbocycles. The van der Waals surface area contributed by atoms with E-state index < -0.39 is 22.4 Å². The lowest BCUT2D eigenvalue weighted by atomic mass is 10.1. The van der Waals surface area contributed by atoms with Crippen molar-refractivity contribution in [2.75, 3.05) is 4.90 Å². The molecule has 10 heteroatoms. The molecular weight excluding hydrogens is 455 g/mol. The van der Waals surface area contributed by atoms with Crippen molar-refractivity contribution in [2.45, 2.75) is 0 Å². The highest BCUT2D eigenvalue weighted by Gasteiger charge is 2.40. The Bertz CT molecular complexity index is 1210. The fraction of sp³-hybridized carbons (Fsp3) is 0. The second kappa shape index (κ2) is 7.60. The van der Waals surface area contributed by atoms with Crippen LogP contribution in [0.4, 0.5) is 11.4 Å². The van der Waals surface area contributed by atoms with E-state index in [1.807, 2.05) is 0 Å². The van der Waals surface area contributed by atoms with Gasteiger partial charge in [-0.2, -0.15) is 0 Å². The Kier molecular flexibility index (Phi) is 5.11. The molecule has 4 rings (SSSR count). The van der Waals surface area contributed by atoms with Crippen molar-refractivity contribution in [3.8, 4) is 11.5 Å². The summed E-state index contributed by atoms with van der Waals surface area (Å²) < 4.78 is 5.68. The zero-order valence-electron chi connectivity index (χ0n) is 14.8. The smallest absolute Gasteiger partial charge is 0.295 e. The van der Waals surface area contributed by atoms with Crippen LogP contribution in [0.1, 0.15) is 20.7 Å². The van der Waals surface area contributed by atoms with Crippen LogP contribution < -0.4 is 9.64 Å². The Hall–Kier alpha value is -3.13. The number of hydrogen-bond acceptors (Lipinski definition) is 5. The van der Waals surface area contributed by atoms with E-state index in [-0.39, 0.29) is 43.4 Å². The Morgan fingerprint density at radius 1 is 0.833 bits per heavy atom. The molecule has 0 fully saturated rings. The van der Waals surface area contributed by atoms with Gasteiger partial charge in [-0.25, -0.2) is 4.90 Å². The van der Waals surface area contributed by atoms with Gasteiger partial charge in [0.1, 0.15) is 22.2 Å². The van der Waals surface area contributed by atoms with Gasteiger partial charge in [0, 0.05) is 12.1 Å². The van der Waals surface area contributed by atoms with Crippen molar-refractivity contribution in [3.05, 3.63) is 90.9 Å². The zero-order chi connectivity index (χ0) is 21.6. The third-order valence-electron chi connectivity index (χ3n) is 4.40. The molecule has 0 unspecified atom stereocenters. The summed E-state index contributed by atoms with van der Waals surface area (Å²) in [4.78, 5) is 37.2. The van der Waals surface area contributed by atoms with Gasteiger partial charge in [-0.3, -0.25) is 19.7 Å². The van der Waals surface area contributed by atoms with Crippen molar-refractivity contribution >= 4 is 58.0 Å². The fourth-order valence-corrected chi connectivity index (χ4v) is 3.55. The minimum absolute atomic E-state index is 0.0435. The van der Waals surface area contributed by atoms with Crippen LogP contribution in [-0.2, 0) is 0 Å². The Balaban J connectivity index is 1.85. The molecule has 0 saturated heterocycles. The SMILES string of the molecule is O=C1c2ccccc2C(=O)N1c1cc(Oc2cccc(Cl)c2Cl)c(Cl)cc1[N+](=O)[O-]. The number of nitrogens with zero attached hydrogens (tertiary/aromatic N) is 2. The number of hydrogen-bond donors (Lipinski definition) is 0. The Morgan fingerprint density at radius 3 is 2.07 bits per heavy atom. The quantitative estimate of drug-likeness (QED) is 0.263. The first-order valence-electron chi connectivity index (χ1n) is 8.37. The van der Waals surface area contributed by atoms with Gasteiger partial charge in [0.25, 0.3) is 17.5 Å². The second-order valence-corrected chi connectivity index (χ2v) is 7.37. The maximum atomic E-state index is 12.8. The normalized spacial score (nSPS) is 12.8. The summed E-state index contributed by atoms with van der Waals surface area (Å²) in [7, 11) is 0. The molecule has 0 radical (unpaired) electrons. The van der Waals surface area contributed by atoms with Gasteiger partial charge in [-0.05, 0) is 24.3 Å². The van der Waals surface area contributed by atoms with Crippen molar-refractivity contribution in [2.24, 2.45) is 0 Å². The molecule has 1 aliphatic heterocycles. The Morgan fingerprint density at radius 2 is 1.47 bits per heavy atom. The molecule has 7 nitrogen and oxygen atoms in total. The van der Waals surface area contributed by atoms with Gasteiger partial charge in [0.05, 0.1) is 26.1 Å². The molecule has 0 spiro atoms. The van der Waals surface area contributed by atoms with Crippen LogP contribution in [0.2, 0.25) is 15.1 Å². The second-order valence-electron chi connectivity index (χ2n) is 6.17. The lowest BCUT2D eigenvalue weighted by Crippen LogP contribution is -2.30. The maximum Gasteiger partial charge on any atom is 0.295 e. The van der Waals surface area contributed by atoms with Crippen molar-refractivity contribution < 1.29 is 19.2 Å². The molecule has 0 N–H and O–H groups in total. The van der Waals surface area contributed by atoms with Crippen LogP contribution in [0.5, 0.6) is 11.5 Å². The Labute approximate surface area is 184 Å². The molecule has 1 heterocycles. The minimum Gasteiger partial charge on any atom is -0.454 e. The number of rotatable bonds is 4. The van der Waals surface area contributed by atoms with Crippen molar-refractivity contribution in [1.29, 1.82) is 0 Å². The van der Waals surface area contributed by atoms with E-state index in [4.69, 9.17) is 39.5 Å². The standard InChI is InChI=1S/C20H9Cl3N2O5/c21-12-6-3-7-16(18(12)23)30-17-9-14(15(25(28)29)8-13(17)22)24-19(26)10-4-1-2-5-11(10)20(24)27/h1-9H. The number of carbonyl (C=O) groups excluding carboxylic acids is 2. The average Bonchev–Trinajstić information content (AvgIpc) is 2.97. The number of amides is 2. The van der Waals surface area contributed by atoms with Gasteiger partial charge in [-0.1, -0.05) is 53.0 Å². The highest BCUT2D eigenvalue weighted by Crippen LogP contribution is 2.44. The van der Waals surface area contributed by atoms with E-state index in [2.05, 4.69) is 0 Å². The molecule has 0 saturated carbocycles. The number of nitro groups is 1. The number of anilines is 1. The zero-order valence-corrected chi connectivity index (χ0v) is 17.0. The monoisotopic (exact) mass is 462 g/mol. The predicted molar refractivity (Wildman–Crippen MR) is 112 cm³/mol. The molecule has 0 bridgehead atoms. The summed E-state index contributed by atoms with van der Waals surface area (Å²) in [6, 6.07) is 13.0. The van der Waals surface area contributed by atoms with Gasteiger partial charge >= 0.3 is 0 Å². The number of nitro benzene ring substituents is 1. The fourth-order valence-electron chi connectivity index (χ4n) is 3.03. The van der Waals surface area contributed by atoms with E-state index in [0.717, 1.165) is 17.0 Å². The van der Waals surface area contributed by atoms with Crippen LogP contribution in [-0.4, -0.2) is 16.7 Å². The maximum absolute atomic E-state index is 12.8. The molecule has 0 atom stereocenters. The van der Waals surface area contributed by atoms with E-state index in [0.29, 0.717) is 0 Å². The summed E-state index contributed by atoms with van der Waals surface area (Å²) in [6.45, 7) is 0. The first kappa shape index (κ1) is 20.2. The molecule has 3 aromatic carbocycles. The molecular formula is C20H9Cl3N2O5. The third-order valence-corrected chi connectivity index (χ3v) is 5.49. The summed E-state index contributed by atoms with van der Waals surface area (Å²) in [5.41, 5.74) is -0.512. The van der Waals surface area contributed by atoms with Crippen LogP contribution in [0.25, 0.3) is 0 Å². The number of ether oxygens (including phenoxy) is 1. The molecule has 0 aromatic heterocycles. The lowest BCUT2D eigenvalue weighted by molar-refractivity contribution is -0.384. The highest BCUT2D eigenvalue weighted by molar-refractivity contribution is 6.43. The molecule has 3 aromatic rings. The van der Waals surface area contributed by atoms with Gasteiger partial charge < -0.3 is 4.74 Å². The number of fused-ring (bicyclic) bond motifs is 1. The lowest BCUT2D eigenvalue weighted by Gasteiger charge is -2.17. The first-order chi connectivity index (χ1) is 14.3. The van der Waals surface area contributed by atoms with Crippen LogP contribution in [0.15, 0.2) is 54.6 Å². The summed E-state index contributed by atoms with van der Waals surface area (Å²) >= 11 is 18.3. The topological polar surface area (TPSA) is 89.8 Å². The van der Waals surface area contributed by atoms with Crippen molar-refractivity contribution in [1.82, 2.24) is 0 Å². The number of benzene rings is 3. The summed E-state index contributed by atoms with van der Waals surface area (Å²) in [6.07, 6.45) is 0. The van der Waals surface area contributed by atoms with E-state index in [1.165, 1.54) is 18.2 Å². The summed E-state index contributed by atoms with van der Waals surface area (Å²) in [5, 5.41) is 11.8. The highest BCUT2D eigenvalue weighted by atomic mass is 35.5. The molecule has 30 heavy (non-hydrogen) atoms. The third kappa shape index (κ3) is 3.27. The molecule has 150 valence electrons. The van der Waals surface area contributed by atoms with E-state index in [9.17, 15) is 19.7 Å². The first-order valence-corrected chi connectivity index (χ1v) is 9.50. The van der Waals surface area contributed by atoms with E-state index in [1.54, 1.807) is 24.3 Å². The van der Waals surface area contributed by atoms with Gasteiger partial charge in [-0.15, -0.1) is 0 Å². The van der Waals surface area contributed by atoms with E-state index >= 15 is 0 Å². The number of imide groups is 1. The van der Waals surface area contributed by atoms with Gasteiger partial charge in [0.2, 0.25) is 0 Å². The predicted octanol–water partition coefficient (Wildman–Crippen LogP) is 6.15. The minimum atomic E-state index is -0.735. The van der Waals surface area contributed by atoms with Crippen molar-refractivity contribution in [3.63, 3.8) is 0 Å². The van der Waals surface area contributed by atoms with Crippen LogP contribution in [0.3, 0.4) is 0 Å². The summed E-state index contributed by atoms with van der Waals surface area (Å²) in [5.74, 6) is -1.27. The molecule has 1 aliphatic rings. The van der Waals surface area contributed by atoms with Gasteiger partial charge in [0.15, 0.2) is 0 Å². The largest absolute Gasteiger partial charge is 0.454 e. The van der Waals surface area contributed by atoms with Crippen LogP contribution in [0, 0.1) is 10.1 Å². The average molecular weight is 464 g/mol. The molecule has 2 amide bonds.